The van der Waals surface area contributed by atoms with E-state index < -0.39 is 95.1 Å². The second-order valence-corrected chi connectivity index (χ2v) is 12.7. The molecule has 8 unspecified atom stereocenters. The monoisotopic (exact) mass is 662 g/mol. The first-order chi connectivity index (χ1) is 20.2. The number of amides is 1. The Hall–Kier alpha value is -1.87. The van der Waals surface area contributed by atoms with Crippen molar-refractivity contribution in [3.8, 4) is 0 Å². The fourth-order valence-electron chi connectivity index (χ4n) is 4.33. The van der Waals surface area contributed by atoms with Crippen LogP contribution in [0, 0.1) is 0 Å². The van der Waals surface area contributed by atoms with Gasteiger partial charge >= 0.3 is 21.3 Å². The lowest BCUT2D eigenvalue weighted by molar-refractivity contribution is -0.214. The van der Waals surface area contributed by atoms with E-state index in [1.807, 2.05) is 4.98 Å². The summed E-state index contributed by atoms with van der Waals surface area (Å²) >= 11 is 0. The summed E-state index contributed by atoms with van der Waals surface area (Å²) in [4.78, 5) is 57.8. The Morgan fingerprint density at radius 2 is 1.84 bits per heavy atom. The third kappa shape index (κ3) is 10.1. The van der Waals surface area contributed by atoms with Gasteiger partial charge in [0.15, 0.2) is 12.5 Å². The maximum Gasteiger partial charge on any atom is 0.483 e. The molecule has 246 valence electrons. The smallest absolute Gasteiger partial charge is 0.394 e. The average molecular weight is 662 g/mol. The topological polar surface area (TPSA) is 298 Å². The number of hydrogen-bond donors (Lipinski definition) is 9. The van der Waals surface area contributed by atoms with Crippen molar-refractivity contribution in [2.24, 2.45) is 0 Å². The zero-order valence-corrected chi connectivity index (χ0v) is 24.6. The Kier molecular flexibility index (Phi) is 12.8. The van der Waals surface area contributed by atoms with E-state index in [1.54, 1.807) is 7.05 Å². The fourth-order valence-corrected chi connectivity index (χ4v) is 6.51. The molecule has 1 aromatic rings. The van der Waals surface area contributed by atoms with Gasteiger partial charge in [-0.2, -0.15) is 4.31 Å². The molecule has 2 aliphatic heterocycles. The van der Waals surface area contributed by atoms with Crippen LogP contribution in [0.5, 0.6) is 0 Å². The first-order valence-corrected chi connectivity index (χ1v) is 16.1. The summed E-state index contributed by atoms with van der Waals surface area (Å²) in [6.07, 6.45) is -9.06. The highest BCUT2D eigenvalue weighted by Gasteiger charge is 2.47. The van der Waals surface area contributed by atoms with Gasteiger partial charge in [0, 0.05) is 25.1 Å². The second kappa shape index (κ2) is 15.4. The van der Waals surface area contributed by atoms with E-state index in [2.05, 4.69) is 19.5 Å². The Labute approximate surface area is 243 Å². The van der Waals surface area contributed by atoms with E-state index >= 15 is 0 Å². The van der Waals surface area contributed by atoms with Gasteiger partial charge in [0.2, 0.25) is 5.91 Å². The highest BCUT2D eigenvalue weighted by atomic mass is 31.3. The maximum atomic E-state index is 12.7. The molecule has 22 heteroatoms. The number of aliphatic hydroxyl groups is 4. The predicted molar refractivity (Wildman–Crippen MR) is 141 cm³/mol. The number of rotatable bonds is 15. The standard InChI is InChI=1S/C21H36N4O16P2/c1-22-6-3-2-4-15(28)23-11-8-12(27)13(9-26)39-20(11)40-43(35,36)41-42(33,34)37-10-14-17(30)18(31)19(38-14)25-7-5-16(29)24-21(25)32/h5,7,11-14,17-20,22,26-27,30-31H,2-4,6,8-10H2,1H3,(H,23,28)(H,33,34)(H,35,36)(H,24,29,32)/t11?,12-,13?,14?,17?,18?,19?,20-/m1/s1. The van der Waals surface area contributed by atoms with Gasteiger partial charge in [-0.3, -0.25) is 28.2 Å². The first kappa shape index (κ1) is 35.6. The van der Waals surface area contributed by atoms with Crippen LogP contribution < -0.4 is 21.9 Å². The van der Waals surface area contributed by atoms with Crippen LogP contribution in [0.2, 0.25) is 0 Å². The molecule has 9 N–H and O–H groups in total. The first-order valence-electron chi connectivity index (χ1n) is 13.1. The zero-order valence-electron chi connectivity index (χ0n) is 22.8. The lowest BCUT2D eigenvalue weighted by Gasteiger charge is -2.39. The molecule has 3 rings (SSSR count). The summed E-state index contributed by atoms with van der Waals surface area (Å²) in [6.45, 7) is -1.06. The molecule has 20 nitrogen and oxygen atoms in total. The molecule has 43 heavy (non-hydrogen) atoms. The summed E-state index contributed by atoms with van der Waals surface area (Å²) in [6, 6.07) is -0.280. The molecule has 0 aromatic carbocycles. The largest absolute Gasteiger partial charge is 0.483 e. The van der Waals surface area contributed by atoms with Crippen molar-refractivity contribution < 1.29 is 67.0 Å². The van der Waals surface area contributed by atoms with Crippen LogP contribution >= 0.6 is 15.6 Å². The van der Waals surface area contributed by atoms with Crippen molar-refractivity contribution in [2.75, 3.05) is 26.8 Å². The van der Waals surface area contributed by atoms with Gasteiger partial charge in [-0.15, -0.1) is 0 Å². The molecule has 1 aromatic heterocycles. The number of H-pyrrole nitrogens is 1. The molecule has 2 aliphatic rings. The van der Waals surface area contributed by atoms with Gasteiger partial charge in [0.05, 0.1) is 25.4 Å². The Morgan fingerprint density at radius 3 is 2.49 bits per heavy atom. The third-order valence-electron chi connectivity index (χ3n) is 6.48. The molecule has 3 heterocycles. The van der Waals surface area contributed by atoms with Crippen LogP contribution in [0.3, 0.4) is 0 Å². The Bertz CT molecular complexity index is 1290. The van der Waals surface area contributed by atoms with Gasteiger partial charge < -0.3 is 50.3 Å². The van der Waals surface area contributed by atoms with E-state index in [1.165, 1.54) is 0 Å². The number of nitrogens with zero attached hydrogens (tertiary/aromatic N) is 1. The number of aromatic nitrogens is 2. The van der Waals surface area contributed by atoms with Crippen molar-refractivity contribution in [1.82, 2.24) is 20.2 Å². The number of carbonyl (C=O) groups is 1. The highest BCUT2D eigenvalue weighted by Crippen LogP contribution is 2.61. The summed E-state index contributed by atoms with van der Waals surface area (Å²) in [5.41, 5.74) is -1.72. The molecular formula is C21H36N4O16P2. The maximum absolute atomic E-state index is 12.7. The number of aromatic amines is 1. The van der Waals surface area contributed by atoms with Crippen molar-refractivity contribution >= 4 is 21.6 Å². The normalized spacial score (nSPS) is 32.2. The Morgan fingerprint density at radius 1 is 1.12 bits per heavy atom. The van der Waals surface area contributed by atoms with Crippen LogP contribution in [-0.2, 0) is 36.8 Å². The number of unbranched alkanes of at least 4 members (excludes halogenated alkanes) is 1. The van der Waals surface area contributed by atoms with Crippen LogP contribution in [0.15, 0.2) is 21.9 Å². The lowest BCUT2D eigenvalue weighted by atomic mass is 10.0. The molecule has 1 amide bonds. The van der Waals surface area contributed by atoms with E-state index in [-0.39, 0.29) is 12.8 Å². The zero-order chi connectivity index (χ0) is 31.9. The van der Waals surface area contributed by atoms with Crippen LogP contribution in [-0.4, -0.2) is 115 Å². The van der Waals surface area contributed by atoms with Crippen LogP contribution in [0.25, 0.3) is 0 Å². The number of carbonyl (C=O) groups excluding carboxylic acids is 1. The molecule has 2 fully saturated rings. The number of phosphoric acid groups is 2. The van der Waals surface area contributed by atoms with Crippen LogP contribution in [0.1, 0.15) is 31.9 Å². The molecule has 10 atom stereocenters. The molecule has 0 spiro atoms. The quantitative estimate of drug-likeness (QED) is 0.0658. The number of hydrogen-bond acceptors (Lipinski definition) is 15. The number of phosphoric ester groups is 2. The minimum atomic E-state index is -5.53. The fraction of sp³-hybridized carbons (Fsp3) is 0.762. The van der Waals surface area contributed by atoms with Crippen molar-refractivity contribution in [3.63, 3.8) is 0 Å². The third-order valence-corrected chi connectivity index (χ3v) is 9.08. The van der Waals surface area contributed by atoms with E-state index in [4.69, 9.17) is 14.0 Å². The van der Waals surface area contributed by atoms with Gasteiger partial charge in [-0.25, -0.2) is 13.9 Å². The molecule has 0 radical (unpaired) electrons. The lowest BCUT2D eigenvalue weighted by Crippen LogP contribution is -2.56. The molecule has 2 saturated heterocycles. The summed E-state index contributed by atoms with van der Waals surface area (Å²) in [7, 11) is -9.25. The van der Waals surface area contributed by atoms with Gasteiger partial charge in [-0.05, 0) is 26.4 Å². The van der Waals surface area contributed by atoms with E-state index in [0.717, 1.165) is 16.8 Å². The summed E-state index contributed by atoms with van der Waals surface area (Å²) < 4.78 is 50.3. The molecular weight excluding hydrogens is 626 g/mol. The van der Waals surface area contributed by atoms with Gasteiger partial charge in [-0.1, -0.05) is 0 Å². The number of ether oxygens (including phenoxy) is 2. The highest BCUT2D eigenvalue weighted by molar-refractivity contribution is 7.61. The molecule has 0 bridgehead atoms. The summed E-state index contributed by atoms with van der Waals surface area (Å²) in [5, 5.41) is 45.6. The summed E-state index contributed by atoms with van der Waals surface area (Å²) in [5.74, 6) is -0.502. The minimum absolute atomic E-state index is 0.0683. The SMILES string of the molecule is CNCCCCC(=O)NC1C[C@@H](O)C(CO)O[C@@H]1OP(=O)(O)OP(=O)(O)OCC1OC(n2ccc(=O)[nH]c2=O)C(O)C1O. The van der Waals surface area contributed by atoms with Gasteiger partial charge in [0.25, 0.3) is 5.56 Å². The van der Waals surface area contributed by atoms with Crippen molar-refractivity contribution in [2.45, 2.75) is 74.8 Å². The molecule has 0 saturated carbocycles. The average Bonchev–Trinajstić information content (AvgIpc) is 3.19. The van der Waals surface area contributed by atoms with E-state index in [9.17, 15) is 53.7 Å². The Balaban J connectivity index is 1.61. The number of nitrogens with one attached hydrogen (secondary N) is 3. The predicted octanol–water partition coefficient (Wildman–Crippen LogP) is -3.25. The molecule has 0 aliphatic carbocycles. The van der Waals surface area contributed by atoms with E-state index in [0.29, 0.717) is 19.4 Å². The number of aliphatic hydroxyl groups excluding tert-OH is 4. The second-order valence-electron chi connectivity index (χ2n) is 9.75. The van der Waals surface area contributed by atoms with Crippen LogP contribution in [0.4, 0.5) is 0 Å². The van der Waals surface area contributed by atoms with Crippen molar-refractivity contribution in [3.05, 3.63) is 33.1 Å². The van der Waals surface area contributed by atoms with Gasteiger partial charge in [0.1, 0.15) is 24.4 Å². The minimum Gasteiger partial charge on any atom is -0.394 e. The van der Waals surface area contributed by atoms with Crippen molar-refractivity contribution in [1.29, 1.82) is 0 Å².